The molecule has 0 spiro atoms. The molecule has 0 fully saturated rings. The Balaban J connectivity index is 3.00. The summed E-state index contributed by atoms with van der Waals surface area (Å²) in [6.07, 6.45) is 0. The quantitative estimate of drug-likeness (QED) is 0.799. The number of hydrogen-bond acceptors (Lipinski definition) is 1. The highest BCUT2D eigenvalue weighted by Crippen LogP contribution is 2.24. The fourth-order valence-electron chi connectivity index (χ4n) is 1.59. The van der Waals surface area contributed by atoms with Crippen molar-refractivity contribution in [2.75, 3.05) is 0 Å². The van der Waals surface area contributed by atoms with E-state index in [0.717, 1.165) is 11.1 Å². The Bertz CT molecular complexity index is 312. The molecule has 0 bridgehead atoms. The maximum atomic E-state index is 11.0. The molecule has 0 aromatic heterocycles. The maximum absolute atomic E-state index is 11.0. The SMILES string of the molecule is Cc1ccc(C(C(=O)O)C(C)C)cc1. The van der Waals surface area contributed by atoms with Crippen molar-refractivity contribution in [2.45, 2.75) is 26.7 Å². The zero-order valence-corrected chi connectivity index (χ0v) is 8.82. The van der Waals surface area contributed by atoms with Crippen molar-refractivity contribution in [2.24, 2.45) is 5.92 Å². The van der Waals surface area contributed by atoms with Crippen molar-refractivity contribution in [3.05, 3.63) is 35.4 Å². The Morgan fingerprint density at radius 3 is 2.07 bits per heavy atom. The molecule has 1 rings (SSSR count). The minimum Gasteiger partial charge on any atom is -0.481 e. The molecule has 0 aliphatic heterocycles. The molecular formula is C12H16O2. The average molecular weight is 192 g/mol. The normalized spacial score (nSPS) is 12.9. The number of carboxylic acid groups (broad SMARTS) is 1. The van der Waals surface area contributed by atoms with Crippen LogP contribution < -0.4 is 0 Å². The van der Waals surface area contributed by atoms with Gasteiger partial charge in [0.25, 0.3) is 0 Å². The Labute approximate surface area is 84.6 Å². The van der Waals surface area contributed by atoms with Crippen LogP contribution in [0.15, 0.2) is 24.3 Å². The van der Waals surface area contributed by atoms with Gasteiger partial charge in [-0.2, -0.15) is 0 Å². The number of hydrogen-bond donors (Lipinski definition) is 1. The third kappa shape index (κ3) is 2.34. The summed E-state index contributed by atoms with van der Waals surface area (Å²) in [6.45, 7) is 5.85. The van der Waals surface area contributed by atoms with Gasteiger partial charge in [0.1, 0.15) is 0 Å². The molecule has 1 unspecified atom stereocenters. The lowest BCUT2D eigenvalue weighted by Gasteiger charge is -2.16. The van der Waals surface area contributed by atoms with Crippen LogP contribution >= 0.6 is 0 Å². The number of aryl methyl sites for hydroxylation is 1. The van der Waals surface area contributed by atoms with Gasteiger partial charge in [0.2, 0.25) is 0 Å². The van der Waals surface area contributed by atoms with Crippen molar-refractivity contribution < 1.29 is 9.90 Å². The van der Waals surface area contributed by atoms with Crippen LogP contribution in [0.2, 0.25) is 0 Å². The third-order valence-electron chi connectivity index (χ3n) is 2.37. The lowest BCUT2D eigenvalue weighted by molar-refractivity contribution is -0.139. The summed E-state index contributed by atoms with van der Waals surface area (Å²) < 4.78 is 0. The molecule has 0 aliphatic rings. The Morgan fingerprint density at radius 2 is 1.71 bits per heavy atom. The molecule has 2 nitrogen and oxygen atoms in total. The van der Waals surface area contributed by atoms with Gasteiger partial charge >= 0.3 is 5.97 Å². The van der Waals surface area contributed by atoms with Crippen molar-refractivity contribution in [3.8, 4) is 0 Å². The molecule has 0 aliphatic carbocycles. The Hall–Kier alpha value is -1.31. The van der Waals surface area contributed by atoms with Gasteiger partial charge < -0.3 is 5.11 Å². The molecule has 1 aromatic carbocycles. The second-order valence-corrected chi connectivity index (χ2v) is 3.97. The van der Waals surface area contributed by atoms with E-state index in [1.54, 1.807) is 0 Å². The first-order valence-electron chi connectivity index (χ1n) is 4.81. The van der Waals surface area contributed by atoms with Crippen LogP contribution in [0.4, 0.5) is 0 Å². The topological polar surface area (TPSA) is 37.3 Å². The van der Waals surface area contributed by atoms with Crippen LogP contribution in [0.3, 0.4) is 0 Å². The third-order valence-corrected chi connectivity index (χ3v) is 2.37. The smallest absolute Gasteiger partial charge is 0.311 e. The number of carbonyl (C=O) groups is 1. The first kappa shape index (κ1) is 10.8. The molecule has 0 amide bonds. The van der Waals surface area contributed by atoms with Gasteiger partial charge in [-0.3, -0.25) is 4.79 Å². The summed E-state index contributed by atoms with van der Waals surface area (Å²) in [4.78, 5) is 11.0. The predicted molar refractivity (Wildman–Crippen MR) is 56.4 cm³/mol. The summed E-state index contributed by atoms with van der Waals surface area (Å²) in [5.41, 5.74) is 2.04. The van der Waals surface area contributed by atoms with Crippen molar-refractivity contribution in [1.29, 1.82) is 0 Å². The Kier molecular flexibility index (Phi) is 3.28. The van der Waals surface area contributed by atoms with Crippen LogP contribution in [-0.4, -0.2) is 11.1 Å². The van der Waals surface area contributed by atoms with Gasteiger partial charge in [0.05, 0.1) is 5.92 Å². The monoisotopic (exact) mass is 192 g/mol. The van der Waals surface area contributed by atoms with Crippen LogP contribution in [-0.2, 0) is 4.79 Å². The number of carboxylic acids is 1. The Morgan fingerprint density at radius 1 is 1.21 bits per heavy atom. The van der Waals surface area contributed by atoms with E-state index in [4.69, 9.17) is 5.11 Å². The zero-order chi connectivity index (χ0) is 10.7. The minimum atomic E-state index is -0.746. The van der Waals surface area contributed by atoms with Crippen LogP contribution in [0.5, 0.6) is 0 Å². The standard InChI is InChI=1S/C12H16O2/c1-8(2)11(12(13)14)10-6-4-9(3)5-7-10/h4-8,11H,1-3H3,(H,13,14). The molecule has 0 saturated heterocycles. The fraction of sp³-hybridized carbons (Fsp3) is 0.417. The van der Waals surface area contributed by atoms with Gasteiger partial charge in [-0.05, 0) is 18.4 Å². The largest absolute Gasteiger partial charge is 0.481 e. The average Bonchev–Trinajstić information content (AvgIpc) is 2.07. The summed E-state index contributed by atoms with van der Waals surface area (Å²) in [7, 11) is 0. The number of rotatable bonds is 3. The molecule has 1 atom stereocenters. The van der Waals surface area contributed by atoms with E-state index in [1.807, 2.05) is 45.0 Å². The maximum Gasteiger partial charge on any atom is 0.311 e. The number of aliphatic carboxylic acids is 1. The molecule has 1 aromatic rings. The second-order valence-electron chi connectivity index (χ2n) is 3.97. The first-order valence-corrected chi connectivity index (χ1v) is 4.81. The van der Waals surface area contributed by atoms with E-state index in [-0.39, 0.29) is 5.92 Å². The lowest BCUT2D eigenvalue weighted by atomic mass is 9.88. The van der Waals surface area contributed by atoms with Gasteiger partial charge in [0.15, 0.2) is 0 Å². The highest BCUT2D eigenvalue weighted by atomic mass is 16.4. The predicted octanol–water partition coefficient (Wildman–Crippen LogP) is 2.82. The first-order chi connectivity index (χ1) is 6.52. The second kappa shape index (κ2) is 4.27. The van der Waals surface area contributed by atoms with Crippen LogP contribution in [0.1, 0.15) is 30.9 Å². The van der Waals surface area contributed by atoms with Gasteiger partial charge in [-0.25, -0.2) is 0 Å². The molecule has 76 valence electrons. The van der Waals surface area contributed by atoms with Crippen LogP contribution in [0, 0.1) is 12.8 Å². The number of benzene rings is 1. The molecule has 1 N–H and O–H groups in total. The zero-order valence-electron chi connectivity index (χ0n) is 8.82. The molecular weight excluding hydrogens is 176 g/mol. The van der Waals surface area contributed by atoms with Gasteiger partial charge in [0, 0.05) is 0 Å². The van der Waals surface area contributed by atoms with Gasteiger partial charge in [-0.15, -0.1) is 0 Å². The summed E-state index contributed by atoms with van der Waals surface area (Å²) in [6, 6.07) is 7.70. The van der Waals surface area contributed by atoms with Gasteiger partial charge in [-0.1, -0.05) is 43.7 Å². The van der Waals surface area contributed by atoms with Crippen molar-refractivity contribution in [1.82, 2.24) is 0 Å². The highest BCUT2D eigenvalue weighted by molar-refractivity contribution is 5.76. The van der Waals surface area contributed by atoms with E-state index in [0.29, 0.717) is 0 Å². The summed E-state index contributed by atoms with van der Waals surface area (Å²) >= 11 is 0. The lowest BCUT2D eigenvalue weighted by Crippen LogP contribution is -2.17. The highest BCUT2D eigenvalue weighted by Gasteiger charge is 2.22. The van der Waals surface area contributed by atoms with E-state index >= 15 is 0 Å². The fourth-order valence-corrected chi connectivity index (χ4v) is 1.59. The molecule has 2 heteroatoms. The van der Waals surface area contributed by atoms with E-state index in [1.165, 1.54) is 0 Å². The molecule has 0 radical (unpaired) electrons. The van der Waals surface area contributed by atoms with Crippen molar-refractivity contribution >= 4 is 5.97 Å². The van der Waals surface area contributed by atoms with E-state index in [2.05, 4.69) is 0 Å². The molecule has 0 heterocycles. The van der Waals surface area contributed by atoms with Crippen LogP contribution in [0.25, 0.3) is 0 Å². The summed E-state index contributed by atoms with van der Waals surface area (Å²) in [5, 5.41) is 9.07. The molecule has 0 saturated carbocycles. The molecule has 14 heavy (non-hydrogen) atoms. The minimum absolute atomic E-state index is 0.121. The summed E-state index contributed by atoms with van der Waals surface area (Å²) in [5.74, 6) is -1.02. The van der Waals surface area contributed by atoms with Crippen molar-refractivity contribution in [3.63, 3.8) is 0 Å². The van der Waals surface area contributed by atoms with E-state index in [9.17, 15) is 4.79 Å². The van der Waals surface area contributed by atoms with E-state index < -0.39 is 11.9 Å².